The van der Waals surface area contributed by atoms with Crippen LogP contribution in [0.15, 0.2) is 47.4 Å². The number of nitrogens with one attached hydrogen (secondary N) is 1. The third-order valence-electron chi connectivity index (χ3n) is 2.89. The molecule has 0 bridgehead atoms. The van der Waals surface area contributed by atoms with Crippen molar-refractivity contribution in [2.75, 3.05) is 6.54 Å². The minimum Gasteiger partial charge on any atom is -0.207 e. The maximum absolute atomic E-state index is 13.4. The van der Waals surface area contributed by atoms with Gasteiger partial charge in [-0.15, -0.1) is 0 Å². The van der Waals surface area contributed by atoms with Gasteiger partial charge in [0.15, 0.2) is 0 Å². The van der Waals surface area contributed by atoms with E-state index in [2.05, 4.69) is 16.6 Å². The Labute approximate surface area is 134 Å². The fourth-order valence-electron chi connectivity index (χ4n) is 1.77. The number of hydrogen-bond acceptors (Lipinski definition) is 2. The van der Waals surface area contributed by atoms with Crippen LogP contribution in [-0.4, -0.2) is 15.0 Å². The number of benzene rings is 2. The fourth-order valence-corrected chi connectivity index (χ4v) is 3.20. The Morgan fingerprint density at radius 3 is 2.68 bits per heavy atom. The molecule has 3 nitrogen and oxygen atoms in total. The molecule has 0 radical (unpaired) electrons. The van der Waals surface area contributed by atoms with E-state index in [1.54, 1.807) is 31.2 Å². The molecule has 6 heteroatoms. The molecule has 0 aliphatic heterocycles. The summed E-state index contributed by atoms with van der Waals surface area (Å²) in [6.45, 7) is 1.55. The third-order valence-corrected chi connectivity index (χ3v) is 4.67. The molecular weight excluding hydrogens is 325 g/mol. The number of halogens is 2. The SMILES string of the molecule is Cc1ccc(Cl)cc1S(=O)(=O)NCC#Cc1ccccc1F. The van der Waals surface area contributed by atoms with Crippen molar-refractivity contribution < 1.29 is 12.8 Å². The van der Waals surface area contributed by atoms with E-state index in [1.165, 1.54) is 18.2 Å². The molecule has 0 aliphatic rings. The topological polar surface area (TPSA) is 46.2 Å². The number of rotatable bonds is 3. The zero-order valence-electron chi connectivity index (χ0n) is 11.7. The molecule has 0 unspecified atom stereocenters. The summed E-state index contributed by atoms with van der Waals surface area (Å²) in [5.41, 5.74) is 0.805. The lowest BCUT2D eigenvalue weighted by molar-refractivity contribution is 0.585. The van der Waals surface area contributed by atoms with E-state index >= 15 is 0 Å². The van der Waals surface area contributed by atoms with Crippen LogP contribution in [0.25, 0.3) is 0 Å². The van der Waals surface area contributed by atoms with Gasteiger partial charge < -0.3 is 0 Å². The van der Waals surface area contributed by atoms with Crippen LogP contribution in [0, 0.1) is 24.6 Å². The predicted octanol–water partition coefficient (Wildman–Crippen LogP) is 3.12. The Hall–Kier alpha value is -1.87. The van der Waals surface area contributed by atoms with Crippen LogP contribution in [0.4, 0.5) is 4.39 Å². The van der Waals surface area contributed by atoms with Gasteiger partial charge in [0.25, 0.3) is 0 Å². The molecule has 2 aromatic rings. The van der Waals surface area contributed by atoms with Crippen molar-refractivity contribution >= 4 is 21.6 Å². The van der Waals surface area contributed by atoms with Crippen molar-refractivity contribution in [3.8, 4) is 11.8 Å². The Bertz CT molecular complexity index is 854. The molecule has 0 atom stereocenters. The molecule has 0 fully saturated rings. The average Bonchev–Trinajstić information content (AvgIpc) is 2.48. The highest BCUT2D eigenvalue weighted by molar-refractivity contribution is 7.89. The van der Waals surface area contributed by atoms with Crippen molar-refractivity contribution in [2.24, 2.45) is 0 Å². The largest absolute Gasteiger partial charge is 0.241 e. The van der Waals surface area contributed by atoms with Gasteiger partial charge in [-0.1, -0.05) is 41.6 Å². The maximum Gasteiger partial charge on any atom is 0.241 e. The van der Waals surface area contributed by atoms with Gasteiger partial charge in [-0.3, -0.25) is 0 Å². The zero-order valence-corrected chi connectivity index (χ0v) is 13.3. The van der Waals surface area contributed by atoms with E-state index in [1.807, 2.05) is 0 Å². The number of aryl methyl sites for hydroxylation is 1. The minimum absolute atomic E-state index is 0.104. The zero-order chi connectivity index (χ0) is 16.2. The Balaban J connectivity index is 2.12. The summed E-state index contributed by atoms with van der Waals surface area (Å²) in [5, 5.41) is 0.336. The molecule has 0 aliphatic carbocycles. The average molecular weight is 338 g/mol. The van der Waals surface area contributed by atoms with Gasteiger partial charge in [-0.05, 0) is 36.8 Å². The van der Waals surface area contributed by atoms with Crippen LogP contribution in [0.3, 0.4) is 0 Å². The smallest absolute Gasteiger partial charge is 0.207 e. The number of sulfonamides is 1. The highest BCUT2D eigenvalue weighted by Gasteiger charge is 2.16. The van der Waals surface area contributed by atoms with Crippen molar-refractivity contribution in [1.29, 1.82) is 0 Å². The van der Waals surface area contributed by atoms with E-state index < -0.39 is 15.8 Å². The summed E-state index contributed by atoms with van der Waals surface area (Å²) in [6, 6.07) is 10.7. The van der Waals surface area contributed by atoms with Crippen LogP contribution in [0.1, 0.15) is 11.1 Å². The Morgan fingerprint density at radius 2 is 1.95 bits per heavy atom. The number of hydrogen-bond donors (Lipinski definition) is 1. The Morgan fingerprint density at radius 1 is 1.23 bits per heavy atom. The van der Waals surface area contributed by atoms with Crippen molar-refractivity contribution in [3.63, 3.8) is 0 Å². The van der Waals surface area contributed by atoms with Gasteiger partial charge in [0.05, 0.1) is 17.0 Å². The molecule has 0 aromatic heterocycles. The first-order valence-corrected chi connectivity index (χ1v) is 8.25. The molecule has 0 saturated carbocycles. The van der Waals surface area contributed by atoms with E-state index in [4.69, 9.17) is 11.6 Å². The summed E-state index contributed by atoms with van der Waals surface area (Å²) in [6.07, 6.45) is 0. The van der Waals surface area contributed by atoms with E-state index in [0.717, 1.165) is 0 Å². The summed E-state index contributed by atoms with van der Waals surface area (Å²) < 4.78 is 40.1. The van der Waals surface area contributed by atoms with E-state index in [9.17, 15) is 12.8 Å². The van der Waals surface area contributed by atoms with Crippen LogP contribution in [0.5, 0.6) is 0 Å². The molecule has 0 heterocycles. The highest BCUT2D eigenvalue weighted by atomic mass is 35.5. The van der Waals surface area contributed by atoms with Gasteiger partial charge in [-0.25, -0.2) is 12.8 Å². The standard InChI is InChI=1S/C16H13ClFNO2S/c1-12-8-9-14(17)11-16(12)22(20,21)19-10-4-6-13-5-2-3-7-15(13)18/h2-3,5,7-9,11,19H,10H2,1H3. The van der Waals surface area contributed by atoms with Gasteiger partial charge in [-0.2, -0.15) is 4.72 Å². The van der Waals surface area contributed by atoms with E-state index in [0.29, 0.717) is 10.6 Å². The quantitative estimate of drug-likeness (QED) is 0.875. The first-order chi connectivity index (χ1) is 10.4. The summed E-state index contributed by atoms with van der Waals surface area (Å²) >= 11 is 5.82. The fraction of sp³-hybridized carbons (Fsp3) is 0.125. The molecule has 2 aromatic carbocycles. The second-order valence-electron chi connectivity index (χ2n) is 4.52. The first-order valence-electron chi connectivity index (χ1n) is 6.39. The third kappa shape index (κ3) is 4.08. The van der Waals surface area contributed by atoms with Crippen LogP contribution < -0.4 is 4.72 Å². The maximum atomic E-state index is 13.4. The molecular formula is C16H13ClFNO2S. The van der Waals surface area contributed by atoms with Crippen molar-refractivity contribution in [1.82, 2.24) is 4.72 Å². The van der Waals surface area contributed by atoms with Crippen LogP contribution >= 0.6 is 11.6 Å². The molecule has 0 spiro atoms. The second-order valence-corrected chi connectivity index (χ2v) is 6.69. The molecule has 1 N–H and O–H groups in total. The monoisotopic (exact) mass is 337 g/mol. The van der Waals surface area contributed by atoms with E-state index in [-0.39, 0.29) is 17.0 Å². The minimum atomic E-state index is -3.71. The van der Waals surface area contributed by atoms with Crippen LogP contribution in [-0.2, 0) is 10.0 Å². The Kier molecular flexibility index (Phi) is 5.19. The summed E-state index contributed by atoms with van der Waals surface area (Å²) in [4.78, 5) is 0.104. The van der Waals surface area contributed by atoms with Gasteiger partial charge in [0, 0.05) is 5.02 Å². The molecule has 0 amide bonds. The van der Waals surface area contributed by atoms with Crippen molar-refractivity contribution in [3.05, 3.63) is 64.4 Å². The lowest BCUT2D eigenvalue weighted by Crippen LogP contribution is -2.24. The van der Waals surface area contributed by atoms with Gasteiger partial charge in [0.2, 0.25) is 10.0 Å². The van der Waals surface area contributed by atoms with Gasteiger partial charge in [0.1, 0.15) is 5.82 Å². The second kappa shape index (κ2) is 6.93. The van der Waals surface area contributed by atoms with Crippen molar-refractivity contribution in [2.45, 2.75) is 11.8 Å². The normalized spacial score (nSPS) is 10.9. The predicted molar refractivity (Wildman–Crippen MR) is 84.7 cm³/mol. The van der Waals surface area contributed by atoms with Gasteiger partial charge >= 0.3 is 0 Å². The van der Waals surface area contributed by atoms with Crippen LogP contribution in [0.2, 0.25) is 5.02 Å². The summed E-state index contributed by atoms with van der Waals surface area (Å²) in [7, 11) is -3.71. The highest BCUT2D eigenvalue weighted by Crippen LogP contribution is 2.19. The molecule has 0 saturated heterocycles. The molecule has 114 valence electrons. The first kappa shape index (κ1) is 16.5. The lowest BCUT2D eigenvalue weighted by atomic mass is 10.2. The lowest BCUT2D eigenvalue weighted by Gasteiger charge is -2.07. The molecule has 22 heavy (non-hydrogen) atoms. The summed E-state index contributed by atoms with van der Waals surface area (Å²) in [5.74, 6) is 4.73. The molecule has 2 rings (SSSR count).